The zero-order valence-corrected chi connectivity index (χ0v) is 20.5. The third-order valence-electron chi connectivity index (χ3n) is 5.29. The molecule has 170 valence electrons. The van der Waals surface area contributed by atoms with Crippen LogP contribution in [-0.2, 0) is 14.8 Å². The van der Waals surface area contributed by atoms with Gasteiger partial charge in [-0.3, -0.25) is 9.10 Å². The van der Waals surface area contributed by atoms with E-state index in [0.717, 1.165) is 33.0 Å². The van der Waals surface area contributed by atoms with Crippen molar-refractivity contribution in [2.75, 3.05) is 17.7 Å². The van der Waals surface area contributed by atoms with Gasteiger partial charge in [-0.15, -0.1) is 0 Å². The molecule has 2 aromatic rings. The molecule has 0 aromatic heterocycles. The molecule has 0 bridgehead atoms. The topological polar surface area (TPSA) is 75.7 Å². The van der Waals surface area contributed by atoms with Gasteiger partial charge in [0.1, 0.15) is 11.8 Å². The van der Waals surface area contributed by atoms with Crippen LogP contribution in [0, 0.1) is 13.8 Å². The van der Waals surface area contributed by atoms with Gasteiger partial charge in [0.25, 0.3) is 0 Å². The van der Waals surface area contributed by atoms with Crippen molar-refractivity contribution < 1.29 is 17.9 Å². The summed E-state index contributed by atoms with van der Waals surface area (Å²) < 4.78 is 31.8. The number of carbonyl (C=O) groups excluding carboxylic acids is 1. The summed E-state index contributed by atoms with van der Waals surface area (Å²) in [7, 11) is -2.11. The van der Waals surface area contributed by atoms with Crippen molar-refractivity contribution in [1.82, 2.24) is 5.32 Å². The number of hydrogen-bond donors (Lipinski definition) is 1. The van der Waals surface area contributed by atoms with E-state index in [4.69, 9.17) is 16.3 Å². The molecule has 0 spiro atoms. The molecule has 0 radical (unpaired) electrons. The van der Waals surface area contributed by atoms with Gasteiger partial charge in [0.15, 0.2) is 0 Å². The van der Waals surface area contributed by atoms with Gasteiger partial charge in [0.2, 0.25) is 15.9 Å². The lowest BCUT2D eigenvalue weighted by Crippen LogP contribution is -2.50. The van der Waals surface area contributed by atoms with E-state index in [1.807, 2.05) is 39.0 Å². The van der Waals surface area contributed by atoms with Crippen LogP contribution in [0.3, 0.4) is 0 Å². The van der Waals surface area contributed by atoms with Crippen LogP contribution in [-0.4, -0.2) is 33.7 Å². The van der Waals surface area contributed by atoms with Crippen LogP contribution in [0.2, 0.25) is 5.02 Å². The number of anilines is 1. The Bertz CT molecular complexity index is 1040. The van der Waals surface area contributed by atoms with Crippen LogP contribution in [0.4, 0.5) is 5.69 Å². The molecule has 0 aliphatic carbocycles. The van der Waals surface area contributed by atoms with Crippen LogP contribution in [0.25, 0.3) is 0 Å². The highest BCUT2D eigenvalue weighted by atomic mass is 35.5. The van der Waals surface area contributed by atoms with Crippen LogP contribution in [0.15, 0.2) is 36.4 Å². The molecule has 1 amide bonds. The predicted octanol–water partition coefficient (Wildman–Crippen LogP) is 4.78. The van der Waals surface area contributed by atoms with Crippen LogP contribution >= 0.6 is 11.6 Å². The highest BCUT2D eigenvalue weighted by Gasteiger charge is 2.32. The van der Waals surface area contributed by atoms with Crippen molar-refractivity contribution in [3.63, 3.8) is 0 Å². The molecule has 0 unspecified atom stereocenters. The van der Waals surface area contributed by atoms with E-state index in [-0.39, 0.29) is 11.9 Å². The molecule has 0 saturated carbocycles. The Balaban J connectivity index is 2.38. The van der Waals surface area contributed by atoms with Gasteiger partial charge in [-0.25, -0.2) is 8.42 Å². The van der Waals surface area contributed by atoms with E-state index < -0.39 is 16.1 Å². The lowest BCUT2D eigenvalue weighted by Gasteiger charge is -2.31. The van der Waals surface area contributed by atoms with Gasteiger partial charge in [-0.2, -0.15) is 0 Å². The fourth-order valence-electron chi connectivity index (χ4n) is 3.59. The Morgan fingerprint density at radius 1 is 1.10 bits per heavy atom. The number of sulfonamides is 1. The summed E-state index contributed by atoms with van der Waals surface area (Å²) >= 11 is 6.23. The van der Waals surface area contributed by atoms with Crippen molar-refractivity contribution >= 4 is 33.2 Å². The molecule has 1 N–H and O–H groups in total. The lowest BCUT2D eigenvalue weighted by atomic mass is 10.0. The number of carbonyl (C=O) groups is 1. The number of ether oxygens (including phenoxy) is 1. The number of methoxy groups -OCH3 is 1. The Morgan fingerprint density at radius 2 is 1.77 bits per heavy atom. The first-order chi connectivity index (χ1) is 14.5. The fraction of sp³-hybridized carbons (Fsp3) is 0.435. The summed E-state index contributed by atoms with van der Waals surface area (Å²) in [4.78, 5) is 13.3. The third kappa shape index (κ3) is 5.92. The standard InChI is InChI=1S/C23H31ClN2O4S/c1-7-20(17-10-12-22(30-5)16(4)13-17)25-23(27)21(8-2)26(31(6,28)29)18-11-9-15(3)19(24)14-18/h9-14,20-21H,7-8H2,1-6H3,(H,25,27)/t20-,21-/m0/s1. The Labute approximate surface area is 190 Å². The molecular formula is C23H31ClN2O4S. The molecule has 0 heterocycles. The van der Waals surface area contributed by atoms with Gasteiger partial charge in [-0.1, -0.05) is 43.6 Å². The molecule has 0 aliphatic rings. The zero-order chi connectivity index (χ0) is 23.3. The summed E-state index contributed by atoms with van der Waals surface area (Å²) in [5.74, 6) is 0.417. The first kappa shape index (κ1) is 25.0. The molecule has 6 nitrogen and oxygen atoms in total. The monoisotopic (exact) mass is 466 g/mol. The molecule has 0 saturated heterocycles. The second kappa shape index (κ2) is 10.4. The average Bonchev–Trinajstić information content (AvgIpc) is 2.71. The van der Waals surface area contributed by atoms with E-state index in [9.17, 15) is 13.2 Å². The van der Waals surface area contributed by atoms with Crippen molar-refractivity contribution in [3.8, 4) is 5.75 Å². The van der Waals surface area contributed by atoms with Gasteiger partial charge in [0, 0.05) is 5.02 Å². The summed E-state index contributed by atoms with van der Waals surface area (Å²) in [6.07, 6.45) is 2.06. The second-order valence-electron chi connectivity index (χ2n) is 7.61. The van der Waals surface area contributed by atoms with E-state index in [2.05, 4.69) is 5.32 Å². The minimum atomic E-state index is -3.73. The lowest BCUT2D eigenvalue weighted by molar-refractivity contribution is -0.123. The Kier molecular flexibility index (Phi) is 8.37. The number of nitrogens with one attached hydrogen (secondary N) is 1. The number of rotatable bonds is 9. The van der Waals surface area contributed by atoms with Crippen LogP contribution in [0.1, 0.15) is 49.4 Å². The quantitative estimate of drug-likeness (QED) is 0.577. The van der Waals surface area contributed by atoms with E-state index in [1.165, 1.54) is 0 Å². The molecule has 2 rings (SSSR count). The number of nitrogens with zero attached hydrogens (tertiary/aromatic N) is 1. The highest BCUT2D eigenvalue weighted by Crippen LogP contribution is 2.29. The summed E-state index contributed by atoms with van der Waals surface area (Å²) in [6, 6.07) is 9.60. The van der Waals surface area contributed by atoms with Gasteiger partial charge in [-0.05, 0) is 61.6 Å². The number of halogens is 1. The van der Waals surface area contributed by atoms with Crippen molar-refractivity contribution in [1.29, 1.82) is 0 Å². The minimum Gasteiger partial charge on any atom is -0.496 e. The normalized spacial score (nSPS) is 13.4. The zero-order valence-electron chi connectivity index (χ0n) is 18.9. The Hall–Kier alpha value is -2.25. The number of aryl methyl sites for hydroxylation is 2. The molecule has 0 aliphatic heterocycles. The first-order valence-electron chi connectivity index (χ1n) is 10.2. The summed E-state index contributed by atoms with van der Waals surface area (Å²) in [5, 5.41) is 3.47. The highest BCUT2D eigenvalue weighted by molar-refractivity contribution is 7.92. The molecule has 8 heteroatoms. The maximum Gasteiger partial charge on any atom is 0.244 e. The summed E-state index contributed by atoms with van der Waals surface area (Å²) in [6.45, 7) is 7.54. The largest absolute Gasteiger partial charge is 0.496 e. The summed E-state index contributed by atoms with van der Waals surface area (Å²) in [5.41, 5.74) is 3.10. The van der Waals surface area contributed by atoms with E-state index in [0.29, 0.717) is 23.6 Å². The molecule has 2 aromatic carbocycles. The maximum absolute atomic E-state index is 13.3. The molecular weight excluding hydrogens is 436 g/mol. The van der Waals surface area contributed by atoms with Gasteiger partial charge >= 0.3 is 0 Å². The molecule has 0 fully saturated rings. The van der Waals surface area contributed by atoms with Gasteiger partial charge < -0.3 is 10.1 Å². The predicted molar refractivity (Wildman–Crippen MR) is 126 cm³/mol. The van der Waals surface area contributed by atoms with Crippen molar-refractivity contribution in [3.05, 3.63) is 58.1 Å². The van der Waals surface area contributed by atoms with Crippen molar-refractivity contribution in [2.24, 2.45) is 0 Å². The SMILES string of the molecule is CC[C@H](NC(=O)[C@H](CC)N(c1ccc(C)c(Cl)c1)S(C)(=O)=O)c1ccc(OC)c(C)c1. The van der Waals surface area contributed by atoms with E-state index in [1.54, 1.807) is 32.2 Å². The van der Waals surface area contributed by atoms with E-state index >= 15 is 0 Å². The fourth-order valence-corrected chi connectivity index (χ4v) is 4.96. The van der Waals surface area contributed by atoms with Crippen LogP contribution in [0.5, 0.6) is 5.75 Å². The smallest absolute Gasteiger partial charge is 0.244 e. The van der Waals surface area contributed by atoms with Gasteiger partial charge in [0.05, 0.1) is 25.1 Å². The average molecular weight is 467 g/mol. The van der Waals surface area contributed by atoms with Crippen molar-refractivity contribution in [2.45, 2.75) is 52.6 Å². The second-order valence-corrected chi connectivity index (χ2v) is 9.88. The number of amides is 1. The first-order valence-corrected chi connectivity index (χ1v) is 12.5. The number of benzene rings is 2. The minimum absolute atomic E-state index is 0.255. The number of hydrogen-bond acceptors (Lipinski definition) is 4. The maximum atomic E-state index is 13.3. The molecule has 31 heavy (non-hydrogen) atoms. The Morgan fingerprint density at radius 3 is 2.26 bits per heavy atom. The van der Waals surface area contributed by atoms with Crippen LogP contribution < -0.4 is 14.4 Å². The molecule has 2 atom stereocenters. The third-order valence-corrected chi connectivity index (χ3v) is 6.87.